The van der Waals surface area contributed by atoms with E-state index in [4.69, 9.17) is 4.98 Å². The maximum atomic E-state index is 4.87. The van der Waals surface area contributed by atoms with Crippen LogP contribution in [-0.4, -0.2) is 52.4 Å². The molecule has 6 rings (SSSR count). The van der Waals surface area contributed by atoms with Crippen LogP contribution in [0.3, 0.4) is 0 Å². The normalized spacial score (nSPS) is 25.5. The van der Waals surface area contributed by atoms with Crippen molar-refractivity contribution < 1.29 is 0 Å². The number of piperidine rings is 2. The molecule has 0 saturated carbocycles. The number of hydrogen-bond donors (Lipinski definition) is 1. The van der Waals surface area contributed by atoms with E-state index in [0.717, 1.165) is 30.7 Å². The van der Waals surface area contributed by atoms with Crippen molar-refractivity contribution in [2.24, 2.45) is 0 Å². The molecule has 3 saturated heterocycles. The minimum atomic E-state index is 0.329. The first-order chi connectivity index (χ1) is 17.7. The third-order valence-corrected chi connectivity index (χ3v) is 9.85. The molecule has 194 valence electrons. The Morgan fingerprint density at radius 1 is 0.972 bits per heavy atom. The Kier molecular flexibility index (Phi) is 8.54. The lowest BCUT2D eigenvalue weighted by molar-refractivity contribution is 0.0929. The van der Waals surface area contributed by atoms with Crippen LogP contribution in [-0.2, 0) is 5.41 Å². The van der Waals surface area contributed by atoms with Gasteiger partial charge < -0.3 is 9.88 Å². The molecule has 1 aromatic heterocycles. The molecule has 4 nitrogen and oxygen atoms in total. The Balaban J connectivity index is 0.00000130. The molecule has 0 amide bonds. The van der Waals surface area contributed by atoms with Crippen LogP contribution in [0.1, 0.15) is 62.4 Å². The molecular formula is C29H38Cl2N4S. The molecule has 7 heteroatoms. The SMILES string of the molecule is CSc1ccc(C2(CCN3[C@@H]4CC[C@H]3CC(n3c(C)nc5ccccc53)C4)CCNCC2)cc1.ClCl. The zero-order valence-electron chi connectivity index (χ0n) is 21.4. The maximum absolute atomic E-state index is 4.87. The molecule has 3 fully saturated rings. The van der Waals surface area contributed by atoms with Crippen molar-refractivity contribution in [3.05, 3.63) is 59.9 Å². The number of halogens is 2. The third-order valence-electron chi connectivity index (χ3n) is 9.11. The summed E-state index contributed by atoms with van der Waals surface area (Å²) in [6.07, 6.45) is 11.3. The van der Waals surface area contributed by atoms with Crippen molar-refractivity contribution in [3.63, 3.8) is 0 Å². The molecule has 2 aromatic carbocycles. The molecule has 36 heavy (non-hydrogen) atoms. The molecule has 3 aliphatic heterocycles. The molecule has 4 heterocycles. The fraction of sp³-hybridized carbons (Fsp3) is 0.552. The van der Waals surface area contributed by atoms with Gasteiger partial charge >= 0.3 is 0 Å². The van der Waals surface area contributed by atoms with Gasteiger partial charge in [-0.15, -0.1) is 11.8 Å². The number of nitrogens with zero attached hydrogens (tertiary/aromatic N) is 3. The standard InChI is InChI=1S/C29H38N4S.Cl2/c1-21-31-27-5-3-4-6-28(27)33(21)25-19-23-9-10-24(20-25)32(23)18-15-29(13-16-30-17-14-29)22-7-11-26(34-2)12-8-22;1-2/h3-8,11-12,23-25,30H,9-10,13-20H2,1-2H3;/t23-,24+,25?;. The minimum absolute atomic E-state index is 0.329. The van der Waals surface area contributed by atoms with Crippen LogP contribution < -0.4 is 5.32 Å². The average molecular weight is 546 g/mol. The summed E-state index contributed by atoms with van der Waals surface area (Å²) in [4.78, 5) is 9.15. The molecule has 3 aliphatic rings. The van der Waals surface area contributed by atoms with Crippen molar-refractivity contribution in [1.82, 2.24) is 19.8 Å². The fourth-order valence-electron chi connectivity index (χ4n) is 7.32. The summed E-state index contributed by atoms with van der Waals surface area (Å²) < 4.78 is 2.56. The van der Waals surface area contributed by atoms with E-state index < -0.39 is 0 Å². The summed E-state index contributed by atoms with van der Waals surface area (Å²) in [5.74, 6) is 1.18. The summed E-state index contributed by atoms with van der Waals surface area (Å²) in [6.45, 7) is 5.73. The van der Waals surface area contributed by atoms with Crippen molar-refractivity contribution in [1.29, 1.82) is 0 Å². The highest BCUT2D eigenvalue weighted by Gasteiger charge is 2.43. The zero-order valence-corrected chi connectivity index (χ0v) is 23.8. The van der Waals surface area contributed by atoms with Gasteiger partial charge in [-0.3, -0.25) is 4.90 Å². The summed E-state index contributed by atoms with van der Waals surface area (Å²) in [6, 6.07) is 20.2. The zero-order chi connectivity index (χ0) is 25.1. The van der Waals surface area contributed by atoms with Crippen LogP contribution in [0.5, 0.6) is 0 Å². The van der Waals surface area contributed by atoms with Gasteiger partial charge in [-0.2, -0.15) is 0 Å². The first kappa shape index (κ1) is 26.4. The number of imidazole rings is 1. The molecule has 1 N–H and O–H groups in total. The molecule has 0 aliphatic carbocycles. The van der Waals surface area contributed by atoms with Crippen molar-refractivity contribution in [3.8, 4) is 0 Å². The van der Waals surface area contributed by atoms with Gasteiger partial charge in [-0.1, -0.05) is 24.3 Å². The monoisotopic (exact) mass is 544 g/mol. The summed E-state index contributed by atoms with van der Waals surface area (Å²) in [7, 11) is 8.22. The number of nitrogens with one attached hydrogen (secondary N) is 1. The molecular weight excluding hydrogens is 507 g/mol. The number of thioether (sulfide) groups is 1. The molecule has 2 bridgehead atoms. The van der Waals surface area contributed by atoms with Gasteiger partial charge in [0.25, 0.3) is 0 Å². The lowest BCUT2D eigenvalue weighted by Crippen LogP contribution is -2.47. The Morgan fingerprint density at radius 2 is 1.64 bits per heavy atom. The molecule has 3 atom stereocenters. The largest absolute Gasteiger partial charge is 0.325 e. The second kappa shape index (κ2) is 11.7. The Hall–Kier alpha value is -1.24. The van der Waals surface area contributed by atoms with Crippen LogP contribution in [0.15, 0.2) is 53.4 Å². The number of aryl methyl sites for hydroxylation is 1. The van der Waals surface area contributed by atoms with E-state index in [0.29, 0.717) is 11.5 Å². The van der Waals surface area contributed by atoms with Gasteiger partial charge in [0.15, 0.2) is 0 Å². The third kappa shape index (κ3) is 5.07. The number of hydrogen-bond acceptors (Lipinski definition) is 4. The first-order valence-corrected chi connectivity index (χ1v) is 15.7. The van der Waals surface area contributed by atoms with Gasteiger partial charge in [0.05, 0.1) is 11.0 Å². The van der Waals surface area contributed by atoms with E-state index in [1.807, 2.05) is 11.8 Å². The van der Waals surface area contributed by atoms with Gasteiger partial charge in [-0.25, -0.2) is 4.98 Å². The van der Waals surface area contributed by atoms with Gasteiger partial charge in [0, 0.05) is 44.7 Å². The van der Waals surface area contributed by atoms with Crippen molar-refractivity contribution >= 4 is 44.5 Å². The second-order valence-electron chi connectivity index (χ2n) is 10.8. The molecule has 3 aromatic rings. The van der Waals surface area contributed by atoms with Crippen molar-refractivity contribution in [2.45, 2.75) is 80.3 Å². The van der Waals surface area contributed by atoms with Crippen LogP contribution in [0.25, 0.3) is 11.0 Å². The van der Waals surface area contributed by atoms with E-state index in [2.05, 4.69) is 98.2 Å². The van der Waals surface area contributed by atoms with Crippen LogP contribution in [0, 0.1) is 6.92 Å². The minimum Gasteiger partial charge on any atom is -0.325 e. The number of para-hydroxylation sites is 2. The van der Waals surface area contributed by atoms with Gasteiger partial charge in [-0.05, 0) is 113 Å². The van der Waals surface area contributed by atoms with Gasteiger partial charge in [0.1, 0.15) is 5.82 Å². The van der Waals surface area contributed by atoms with Crippen LogP contribution in [0.4, 0.5) is 0 Å². The fourth-order valence-corrected chi connectivity index (χ4v) is 7.73. The Bertz CT molecular complexity index is 1130. The number of fused-ring (bicyclic) bond motifs is 3. The Morgan fingerprint density at radius 3 is 2.31 bits per heavy atom. The number of aromatic nitrogens is 2. The number of rotatable bonds is 6. The highest BCUT2D eigenvalue weighted by atomic mass is 36.5. The predicted octanol–water partition coefficient (Wildman–Crippen LogP) is 7.33. The predicted molar refractivity (Wildman–Crippen MR) is 155 cm³/mol. The summed E-state index contributed by atoms with van der Waals surface area (Å²) in [5.41, 5.74) is 4.36. The molecule has 1 unspecified atom stereocenters. The first-order valence-electron chi connectivity index (χ1n) is 13.4. The van der Waals surface area contributed by atoms with E-state index in [1.165, 1.54) is 67.7 Å². The van der Waals surface area contributed by atoms with Crippen LogP contribution in [0.2, 0.25) is 0 Å². The van der Waals surface area contributed by atoms with E-state index in [9.17, 15) is 0 Å². The van der Waals surface area contributed by atoms with Gasteiger partial charge in [0.2, 0.25) is 0 Å². The summed E-state index contributed by atoms with van der Waals surface area (Å²) in [5, 5.41) is 3.61. The lowest BCUT2D eigenvalue weighted by Gasteiger charge is -2.44. The summed E-state index contributed by atoms with van der Waals surface area (Å²) >= 11 is 1.84. The Labute approximate surface area is 229 Å². The van der Waals surface area contributed by atoms with E-state index in [-0.39, 0.29) is 0 Å². The molecule has 0 radical (unpaired) electrons. The number of benzene rings is 2. The van der Waals surface area contributed by atoms with E-state index >= 15 is 0 Å². The highest BCUT2D eigenvalue weighted by molar-refractivity contribution is 7.98. The highest BCUT2D eigenvalue weighted by Crippen LogP contribution is 2.44. The smallest absolute Gasteiger partial charge is 0.106 e. The maximum Gasteiger partial charge on any atom is 0.106 e. The quantitative estimate of drug-likeness (QED) is 0.329. The second-order valence-corrected chi connectivity index (χ2v) is 11.7. The topological polar surface area (TPSA) is 33.1 Å². The van der Waals surface area contributed by atoms with Crippen molar-refractivity contribution in [2.75, 3.05) is 25.9 Å². The molecule has 0 spiro atoms. The average Bonchev–Trinajstić information content (AvgIpc) is 3.39. The lowest BCUT2D eigenvalue weighted by atomic mass is 9.70. The van der Waals surface area contributed by atoms with E-state index in [1.54, 1.807) is 5.56 Å². The van der Waals surface area contributed by atoms with Crippen LogP contribution >= 0.6 is 33.5 Å².